The summed E-state index contributed by atoms with van der Waals surface area (Å²) in [6, 6.07) is 14.5. The number of halogens is 3. The molecule has 0 radical (unpaired) electrons. The summed E-state index contributed by atoms with van der Waals surface area (Å²) < 4.78 is 39.9. The molecule has 0 saturated carbocycles. The molecule has 2 aromatic carbocycles. The summed E-state index contributed by atoms with van der Waals surface area (Å²) in [7, 11) is 0. The highest BCUT2D eigenvalue weighted by atomic mass is 19.4. The number of aryl methyl sites for hydroxylation is 2. The van der Waals surface area contributed by atoms with Crippen LogP contribution in [0.15, 0.2) is 42.5 Å². The van der Waals surface area contributed by atoms with Crippen LogP contribution in [0.2, 0.25) is 0 Å². The fourth-order valence-corrected chi connectivity index (χ4v) is 5.90. The van der Waals surface area contributed by atoms with E-state index in [2.05, 4.69) is 43.8 Å². The molecule has 40 heavy (non-hydrogen) atoms. The Morgan fingerprint density at radius 1 is 0.925 bits per heavy atom. The molecule has 0 spiro atoms. The van der Waals surface area contributed by atoms with Gasteiger partial charge in [0.25, 0.3) is 0 Å². The van der Waals surface area contributed by atoms with Gasteiger partial charge in [0.1, 0.15) is 11.6 Å². The molecule has 1 saturated heterocycles. The third-order valence-electron chi connectivity index (χ3n) is 7.84. The van der Waals surface area contributed by atoms with Crippen molar-refractivity contribution >= 4 is 0 Å². The number of benzene rings is 2. The van der Waals surface area contributed by atoms with Gasteiger partial charge < -0.3 is 20.6 Å². The number of nitrogens with one attached hydrogen (secondary N) is 4. The lowest BCUT2D eigenvalue weighted by molar-refractivity contribution is -0.127. The van der Waals surface area contributed by atoms with Gasteiger partial charge in [0.05, 0.1) is 36.1 Å². The Bertz CT molecular complexity index is 1460. The van der Waals surface area contributed by atoms with Gasteiger partial charge in [0, 0.05) is 16.8 Å². The van der Waals surface area contributed by atoms with Crippen molar-refractivity contribution in [2.24, 2.45) is 0 Å². The largest absolute Gasteiger partial charge is 0.394 e. The lowest BCUT2D eigenvalue weighted by Crippen LogP contribution is -2.15. The van der Waals surface area contributed by atoms with Gasteiger partial charge in [-0.25, -0.2) is 9.97 Å². The average Bonchev–Trinajstić information content (AvgIpc) is 3.67. The van der Waals surface area contributed by atoms with E-state index in [0.29, 0.717) is 29.7 Å². The predicted molar refractivity (Wildman–Crippen MR) is 151 cm³/mol. The summed E-state index contributed by atoms with van der Waals surface area (Å²) in [5, 5.41) is 6.74. The Morgan fingerprint density at radius 3 is 2.48 bits per heavy atom. The van der Waals surface area contributed by atoms with E-state index in [4.69, 9.17) is 4.98 Å². The summed E-state index contributed by atoms with van der Waals surface area (Å²) in [6.07, 6.45) is 0.882. The first-order chi connectivity index (χ1) is 19.4. The van der Waals surface area contributed by atoms with Crippen LogP contribution in [0.3, 0.4) is 0 Å². The molecule has 0 amide bonds. The number of nitrogens with zero attached hydrogens (tertiary/aromatic N) is 2. The Hall–Kier alpha value is -3.43. The van der Waals surface area contributed by atoms with E-state index in [1.54, 1.807) is 0 Å². The number of aromatic amines is 2. The summed E-state index contributed by atoms with van der Waals surface area (Å²) in [4.78, 5) is 16.1. The Kier molecular flexibility index (Phi) is 7.51. The molecule has 1 fully saturated rings. The monoisotopic (exact) mass is 548 g/mol. The molecule has 9 heteroatoms. The highest BCUT2D eigenvalue weighted by molar-refractivity contribution is 5.75. The minimum atomic E-state index is -4.32. The second kappa shape index (κ2) is 11.2. The van der Waals surface area contributed by atoms with E-state index in [1.807, 2.05) is 31.2 Å². The lowest BCUT2D eigenvalue weighted by Gasteiger charge is -2.11. The molecular formula is C31H35F3N6. The number of alkyl halides is 3. The van der Waals surface area contributed by atoms with Gasteiger partial charge in [-0.15, -0.1) is 0 Å². The number of hydrogen-bond donors (Lipinski definition) is 4. The fourth-order valence-electron chi connectivity index (χ4n) is 5.90. The zero-order valence-corrected chi connectivity index (χ0v) is 22.7. The third-order valence-corrected chi connectivity index (χ3v) is 7.84. The van der Waals surface area contributed by atoms with E-state index in [0.717, 1.165) is 67.8 Å². The first-order valence-corrected chi connectivity index (χ1v) is 14.3. The van der Waals surface area contributed by atoms with Crippen molar-refractivity contribution in [1.82, 2.24) is 30.6 Å². The molecule has 4 N–H and O–H groups in total. The molecule has 210 valence electrons. The van der Waals surface area contributed by atoms with E-state index in [1.165, 1.54) is 23.2 Å². The van der Waals surface area contributed by atoms with Gasteiger partial charge in [-0.05, 0) is 68.3 Å². The summed E-state index contributed by atoms with van der Waals surface area (Å²) in [5.74, 6) is 1.56. The fraction of sp³-hybridized carbons (Fsp3) is 0.419. The van der Waals surface area contributed by atoms with Crippen LogP contribution in [0.5, 0.6) is 0 Å². The topological polar surface area (TPSA) is 81.4 Å². The Balaban J connectivity index is 1.26. The lowest BCUT2D eigenvalue weighted by atomic mass is 9.95. The van der Waals surface area contributed by atoms with E-state index in [-0.39, 0.29) is 5.69 Å². The minimum Gasteiger partial charge on any atom is -0.344 e. The summed E-state index contributed by atoms with van der Waals surface area (Å²) >= 11 is 0. The standard InChI is InChI=1S/C31H35F3N6/c1-2-14-35-18-27-37-26(17-31(32,33)34)28(39-27)20-10-8-19(9-11-20)21-12-13-23-22(16-21)5-3-6-24-29(23)40-30(38-24)25-7-4-15-36-25/h8-13,16,25,35-36H,2-7,14-15,17-18H2,1H3,(H,37,39)(H,38,40)/t25-/m0/s1. The highest BCUT2D eigenvalue weighted by Crippen LogP contribution is 2.36. The van der Waals surface area contributed by atoms with Gasteiger partial charge in [0.15, 0.2) is 0 Å². The molecule has 6 rings (SSSR count). The molecule has 1 atom stereocenters. The molecule has 1 aliphatic carbocycles. The van der Waals surface area contributed by atoms with Crippen LogP contribution >= 0.6 is 0 Å². The Morgan fingerprint density at radius 2 is 1.73 bits per heavy atom. The molecule has 4 aromatic rings. The second-order valence-electron chi connectivity index (χ2n) is 10.9. The van der Waals surface area contributed by atoms with Crippen LogP contribution in [0, 0.1) is 0 Å². The van der Waals surface area contributed by atoms with Crippen LogP contribution in [0.1, 0.15) is 67.2 Å². The van der Waals surface area contributed by atoms with Crippen molar-refractivity contribution in [2.45, 2.75) is 70.6 Å². The summed E-state index contributed by atoms with van der Waals surface area (Å²) in [6.45, 7) is 4.26. The number of aromatic nitrogens is 4. The number of imidazole rings is 2. The normalized spacial score (nSPS) is 17.1. The summed E-state index contributed by atoms with van der Waals surface area (Å²) in [5.41, 5.74) is 7.99. The van der Waals surface area contributed by atoms with Crippen molar-refractivity contribution in [3.8, 4) is 33.6 Å². The Labute approximate surface area is 232 Å². The number of rotatable bonds is 8. The van der Waals surface area contributed by atoms with Crippen LogP contribution < -0.4 is 10.6 Å². The van der Waals surface area contributed by atoms with E-state index in [9.17, 15) is 13.2 Å². The van der Waals surface area contributed by atoms with Gasteiger partial charge in [-0.1, -0.05) is 49.4 Å². The molecule has 2 aromatic heterocycles. The average molecular weight is 549 g/mol. The molecule has 0 bridgehead atoms. The maximum Gasteiger partial charge on any atom is 0.394 e. The maximum atomic E-state index is 13.3. The van der Waals surface area contributed by atoms with Crippen molar-refractivity contribution in [1.29, 1.82) is 0 Å². The first-order valence-electron chi connectivity index (χ1n) is 14.3. The zero-order chi connectivity index (χ0) is 27.7. The molecule has 0 unspecified atom stereocenters. The number of hydrogen-bond acceptors (Lipinski definition) is 4. The molecule has 6 nitrogen and oxygen atoms in total. The molecule has 1 aliphatic heterocycles. The van der Waals surface area contributed by atoms with Crippen LogP contribution in [-0.4, -0.2) is 39.2 Å². The zero-order valence-electron chi connectivity index (χ0n) is 22.7. The SMILES string of the molecule is CCCNCc1nc(-c2ccc(-c3ccc4c(c3)CCCc3[nH]c([C@@H]5CCCN5)nc3-4)cc2)c(CC(F)(F)F)[nH]1. The smallest absolute Gasteiger partial charge is 0.344 e. The van der Waals surface area contributed by atoms with E-state index >= 15 is 0 Å². The quantitative estimate of drug-likeness (QED) is 0.186. The minimum absolute atomic E-state index is 0.0977. The second-order valence-corrected chi connectivity index (χ2v) is 10.9. The molecule has 3 heterocycles. The van der Waals surface area contributed by atoms with Gasteiger partial charge in [-0.2, -0.15) is 13.2 Å². The van der Waals surface area contributed by atoms with Crippen molar-refractivity contribution < 1.29 is 13.2 Å². The van der Waals surface area contributed by atoms with E-state index < -0.39 is 12.6 Å². The van der Waals surface area contributed by atoms with Crippen LogP contribution in [-0.2, 0) is 25.8 Å². The van der Waals surface area contributed by atoms with Gasteiger partial charge >= 0.3 is 6.18 Å². The third kappa shape index (κ3) is 5.71. The first kappa shape index (κ1) is 26.8. The van der Waals surface area contributed by atoms with Crippen molar-refractivity contribution in [3.63, 3.8) is 0 Å². The highest BCUT2D eigenvalue weighted by Gasteiger charge is 2.31. The number of fused-ring (bicyclic) bond motifs is 3. The van der Waals surface area contributed by atoms with Crippen LogP contribution in [0.25, 0.3) is 33.6 Å². The van der Waals surface area contributed by atoms with Crippen molar-refractivity contribution in [3.05, 3.63) is 71.1 Å². The van der Waals surface area contributed by atoms with Crippen molar-refractivity contribution in [2.75, 3.05) is 13.1 Å². The van der Waals surface area contributed by atoms with Gasteiger partial charge in [0.2, 0.25) is 0 Å². The molecular weight excluding hydrogens is 513 g/mol. The molecule has 2 aliphatic rings. The number of H-pyrrole nitrogens is 2. The maximum absolute atomic E-state index is 13.3. The van der Waals surface area contributed by atoms with Gasteiger partial charge in [-0.3, -0.25) is 0 Å². The predicted octanol–water partition coefficient (Wildman–Crippen LogP) is 6.65. The van der Waals surface area contributed by atoms with Crippen LogP contribution in [0.4, 0.5) is 13.2 Å².